The minimum Gasteiger partial charge on any atom is -0.370 e. The van der Waals surface area contributed by atoms with Crippen molar-refractivity contribution in [1.29, 1.82) is 0 Å². The van der Waals surface area contributed by atoms with Crippen LogP contribution in [0.3, 0.4) is 0 Å². The van der Waals surface area contributed by atoms with Crippen LogP contribution in [0.15, 0.2) is 6.20 Å². The number of hydrogen-bond donors (Lipinski definition) is 2. The molecule has 0 saturated carbocycles. The lowest BCUT2D eigenvalue weighted by Crippen LogP contribution is -2.24. The molecule has 0 fully saturated rings. The van der Waals surface area contributed by atoms with Crippen molar-refractivity contribution in [1.82, 2.24) is 15.1 Å². The van der Waals surface area contributed by atoms with Crippen molar-refractivity contribution in [3.8, 4) is 0 Å². The number of nitrogens with one attached hydrogen (secondary N) is 1. The first kappa shape index (κ1) is 11.7. The van der Waals surface area contributed by atoms with E-state index < -0.39 is 0 Å². The van der Waals surface area contributed by atoms with Gasteiger partial charge in [-0.2, -0.15) is 5.10 Å². The number of hydrogen-bond acceptors (Lipinski definition) is 3. The number of nitrogens with two attached hydrogens (primary N) is 1. The number of rotatable bonds is 5. The molecule has 3 N–H and O–H groups in total. The number of carbonyl (C=O) groups excluding carboxylic acids is 1. The monoisotopic (exact) mass is 210 g/mol. The van der Waals surface area contributed by atoms with Gasteiger partial charge in [0.1, 0.15) is 0 Å². The Labute approximate surface area is 89.6 Å². The molecule has 5 nitrogen and oxygen atoms in total. The average Bonchev–Trinajstić information content (AvgIpc) is 2.44. The van der Waals surface area contributed by atoms with E-state index in [0.717, 1.165) is 11.3 Å². The zero-order valence-corrected chi connectivity index (χ0v) is 9.45. The van der Waals surface area contributed by atoms with Crippen LogP contribution < -0.4 is 11.1 Å². The maximum Gasteiger partial charge on any atom is 0.218 e. The second kappa shape index (κ2) is 4.93. The lowest BCUT2D eigenvalue weighted by Gasteiger charge is -2.11. The maximum absolute atomic E-state index is 10.6. The maximum atomic E-state index is 10.6. The molecular weight excluding hydrogens is 192 g/mol. The van der Waals surface area contributed by atoms with E-state index in [-0.39, 0.29) is 11.9 Å². The van der Waals surface area contributed by atoms with Gasteiger partial charge in [-0.25, -0.2) is 0 Å². The third-order valence-electron chi connectivity index (χ3n) is 2.34. The van der Waals surface area contributed by atoms with Crippen LogP contribution in [0, 0.1) is 6.92 Å². The fourth-order valence-corrected chi connectivity index (χ4v) is 1.56. The summed E-state index contributed by atoms with van der Waals surface area (Å²) in [5, 5.41) is 7.49. The van der Waals surface area contributed by atoms with E-state index in [1.807, 2.05) is 27.1 Å². The van der Waals surface area contributed by atoms with Crippen molar-refractivity contribution in [3.05, 3.63) is 17.5 Å². The highest BCUT2D eigenvalue weighted by Crippen LogP contribution is 2.14. The summed E-state index contributed by atoms with van der Waals surface area (Å²) in [7, 11) is 1.90. The summed E-state index contributed by atoms with van der Waals surface area (Å²) in [6, 6.07) is 0.193. The predicted octanol–water partition coefficient (Wildman–Crippen LogP) is 0.255. The first-order valence-corrected chi connectivity index (χ1v) is 5.02. The molecule has 0 aliphatic carbocycles. The first-order chi connectivity index (χ1) is 7.00. The Morgan fingerprint density at radius 1 is 1.73 bits per heavy atom. The van der Waals surface area contributed by atoms with Crippen LogP contribution in [0.2, 0.25) is 0 Å². The fourth-order valence-electron chi connectivity index (χ4n) is 1.56. The summed E-state index contributed by atoms with van der Waals surface area (Å²) in [6.07, 6.45) is 2.35. The minimum absolute atomic E-state index is 0.193. The van der Waals surface area contributed by atoms with Crippen LogP contribution in [-0.4, -0.2) is 22.2 Å². The molecule has 1 unspecified atom stereocenters. The molecule has 0 aliphatic rings. The summed E-state index contributed by atoms with van der Waals surface area (Å²) in [6.45, 7) is 4.62. The smallest absolute Gasteiger partial charge is 0.218 e. The number of nitrogens with zero attached hydrogens (tertiary/aromatic N) is 2. The summed E-state index contributed by atoms with van der Waals surface area (Å²) in [5.41, 5.74) is 7.22. The first-order valence-electron chi connectivity index (χ1n) is 5.02. The Hall–Kier alpha value is -1.36. The van der Waals surface area contributed by atoms with E-state index in [0.29, 0.717) is 13.0 Å². The number of aromatic nitrogens is 2. The van der Waals surface area contributed by atoms with E-state index in [1.54, 1.807) is 4.68 Å². The van der Waals surface area contributed by atoms with Gasteiger partial charge in [0.15, 0.2) is 0 Å². The van der Waals surface area contributed by atoms with Gasteiger partial charge < -0.3 is 11.1 Å². The Balaban J connectivity index is 2.50. The zero-order chi connectivity index (χ0) is 11.4. The molecule has 1 amide bonds. The molecule has 0 radical (unpaired) electrons. The van der Waals surface area contributed by atoms with E-state index in [9.17, 15) is 4.79 Å². The molecule has 84 valence electrons. The highest BCUT2D eigenvalue weighted by molar-refractivity contribution is 5.73. The molecule has 1 heterocycles. The normalized spacial score (nSPS) is 12.7. The highest BCUT2D eigenvalue weighted by Gasteiger charge is 2.10. The van der Waals surface area contributed by atoms with E-state index in [1.165, 1.54) is 0 Å². The lowest BCUT2D eigenvalue weighted by molar-refractivity contribution is -0.117. The fraction of sp³-hybridized carbons (Fsp3) is 0.600. The summed E-state index contributed by atoms with van der Waals surface area (Å²) < 4.78 is 1.79. The predicted molar refractivity (Wildman–Crippen MR) is 58.2 cm³/mol. The summed E-state index contributed by atoms with van der Waals surface area (Å²) >= 11 is 0. The van der Waals surface area contributed by atoms with Gasteiger partial charge in [0.05, 0.1) is 5.69 Å². The van der Waals surface area contributed by atoms with Gasteiger partial charge in [-0.1, -0.05) is 0 Å². The number of primary amides is 1. The van der Waals surface area contributed by atoms with Crippen LogP contribution in [-0.2, 0) is 11.8 Å². The van der Waals surface area contributed by atoms with Crippen LogP contribution in [0.25, 0.3) is 0 Å². The number of amides is 1. The van der Waals surface area contributed by atoms with Crippen molar-refractivity contribution in [2.75, 3.05) is 6.54 Å². The largest absolute Gasteiger partial charge is 0.370 e. The molecule has 0 bridgehead atoms. The Bertz CT molecular complexity index is 345. The van der Waals surface area contributed by atoms with Crippen molar-refractivity contribution >= 4 is 5.91 Å². The van der Waals surface area contributed by atoms with Crippen LogP contribution in [0.1, 0.15) is 30.6 Å². The second-order valence-electron chi connectivity index (χ2n) is 3.74. The summed E-state index contributed by atoms with van der Waals surface area (Å²) in [4.78, 5) is 10.6. The van der Waals surface area contributed by atoms with Gasteiger partial charge in [-0.15, -0.1) is 0 Å². The van der Waals surface area contributed by atoms with Gasteiger partial charge in [0.2, 0.25) is 5.91 Å². The molecule has 0 spiro atoms. The minimum atomic E-state index is -0.280. The third-order valence-corrected chi connectivity index (χ3v) is 2.34. The second-order valence-corrected chi connectivity index (χ2v) is 3.74. The van der Waals surface area contributed by atoms with E-state index in [4.69, 9.17) is 5.73 Å². The Morgan fingerprint density at radius 3 is 2.87 bits per heavy atom. The van der Waals surface area contributed by atoms with Gasteiger partial charge >= 0.3 is 0 Å². The number of carbonyl (C=O) groups is 1. The van der Waals surface area contributed by atoms with Crippen molar-refractivity contribution in [2.45, 2.75) is 26.3 Å². The van der Waals surface area contributed by atoms with Crippen molar-refractivity contribution < 1.29 is 4.79 Å². The Kier molecular flexibility index (Phi) is 3.85. The summed E-state index contributed by atoms with van der Waals surface area (Å²) in [5.74, 6) is -0.280. The molecule has 1 atom stereocenters. The van der Waals surface area contributed by atoms with Crippen molar-refractivity contribution in [3.63, 3.8) is 0 Å². The van der Waals surface area contributed by atoms with Gasteiger partial charge in [-0.3, -0.25) is 9.48 Å². The van der Waals surface area contributed by atoms with Gasteiger partial charge in [0.25, 0.3) is 0 Å². The molecule has 0 aliphatic heterocycles. The topological polar surface area (TPSA) is 72.9 Å². The molecule has 5 heteroatoms. The quantitative estimate of drug-likeness (QED) is 0.732. The Morgan fingerprint density at radius 2 is 2.40 bits per heavy atom. The lowest BCUT2D eigenvalue weighted by atomic mass is 10.1. The van der Waals surface area contributed by atoms with E-state index >= 15 is 0 Å². The van der Waals surface area contributed by atoms with E-state index in [2.05, 4.69) is 10.4 Å². The van der Waals surface area contributed by atoms with Gasteiger partial charge in [-0.05, 0) is 13.8 Å². The zero-order valence-electron chi connectivity index (χ0n) is 9.45. The SMILES string of the molecule is Cc1nn(C)cc1C(C)NCCC(N)=O. The van der Waals surface area contributed by atoms with Crippen molar-refractivity contribution in [2.24, 2.45) is 12.8 Å². The molecular formula is C10H18N4O. The average molecular weight is 210 g/mol. The molecule has 0 aromatic carbocycles. The molecule has 1 rings (SSSR count). The standard InChI is InChI=1S/C10H18N4O/c1-7(12-5-4-10(11)15)9-6-14(3)13-8(9)2/h6-7,12H,4-5H2,1-3H3,(H2,11,15). The van der Waals surface area contributed by atoms with Crippen LogP contribution >= 0.6 is 0 Å². The van der Waals surface area contributed by atoms with Gasteiger partial charge in [0, 0.05) is 37.8 Å². The highest BCUT2D eigenvalue weighted by atomic mass is 16.1. The molecule has 15 heavy (non-hydrogen) atoms. The molecule has 1 aromatic rings. The van der Waals surface area contributed by atoms with Crippen LogP contribution in [0.4, 0.5) is 0 Å². The number of aryl methyl sites for hydroxylation is 2. The van der Waals surface area contributed by atoms with Crippen LogP contribution in [0.5, 0.6) is 0 Å². The molecule has 0 saturated heterocycles. The third kappa shape index (κ3) is 3.36. The molecule has 1 aromatic heterocycles.